The Morgan fingerprint density at radius 1 is 1.11 bits per heavy atom. The van der Waals surface area contributed by atoms with E-state index < -0.39 is 0 Å². The van der Waals surface area contributed by atoms with Crippen molar-refractivity contribution in [3.63, 3.8) is 0 Å². The van der Waals surface area contributed by atoms with Gasteiger partial charge in [-0.3, -0.25) is 4.79 Å². The van der Waals surface area contributed by atoms with Crippen molar-refractivity contribution in [1.82, 2.24) is 5.32 Å². The van der Waals surface area contributed by atoms with Gasteiger partial charge in [-0.2, -0.15) is 0 Å². The summed E-state index contributed by atoms with van der Waals surface area (Å²) in [4.78, 5) is 12.0. The molecule has 0 spiro atoms. The summed E-state index contributed by atoms with van der Waals surface area (Å²) in [5.41, 5.74) is 5.78. The molecule has 3 nitrogen and oxygen atoms in total. The highest BCUT2D eigenvalue weighted by molar-refractivity contribution is 5.85. The van der Waals surface area contributed by atoms with E-state index in [-0.39, 0.29) is 23.9 Å². The molecular formula is C15H29ClN2O. The Kier molecular flexibility index (Phi) is 7.16. The normalized spacial score (nSPS) is 22.8. The van der Waals surface area contributed by atoms with E-state index in [1.807, 2.05) is 0 Å². The molecule has 19 heavy (non-hydrogen) atoms. The van der Waals surface area contributed by atoms with Gasteiger partial charge in [-0.15, -0.1) is 12.4 Å². The van der Waals surface area contributed by atoms with Crippen LogP contribution in [0.2, 0.25) is 0 Å². The molecule has 4 heteroatoms. The van der Waals surface area contributed by atoms with Gasteiger partial charge in [0.1, 0.15) is 0 Å². The zero-order chi connectivity index (χ0) is 12.8. The number of nitrogens with one attached hydrogen (secondary N) is 1. The third-order valence-electron chi connectivity index (χ3n) is 4.86. The van der Waals surface area contributed by atoms with E-state index in [9.17, 15) is 4.79 Å². The van der Waals surface area contributed by atoms with Gasteiger partial charge >= 0.3 is 0 Å². The van der Waals surface area contributed by atoms with Crippen LogP contribution in [-0.4, -0.2) is 18.0 Å². The van der Waals surface area contributed by atoms with E-state index in [1.54, 1.807) is 0 Å². The maximum Gasteiger partial charge on any atom is 0.220 e. The zero-order valence-corrected chi connectivity index (χ0v) is 12.8. The molecule has 0 atom stereocenters. The fraction of sp³-hybridized carbons (Fsp3) is 0.933. The lowest BCUT2D eigenvalue weighted by atomic mass is 9.86. The molecular weight excluding hydrogens is 260 g/mol. The topological polar surface area (TPSA) is 55.1 Å². The summed E-state index contributed by atoms with van der Waals surface area (Å²) in [6, 6.07) is 0. The Morgan fingerprint density at radius 3 is 2.32 bits per heavy atom. The summed E-state index contributed by atoms with van der Waals surface area (Å²) in [6.07, 6.45) is 13.1. The molecule has 2 aliphatic rings. The summed E-state index contributed by atoms with van der Waals surface area (Å²) in [6.45, 7) is 0.599. The molecule has 0 aliphatic heterocycles. The van der Waals surface area contributed by atoms with Gasteiger partial charge in [-0.1, -0.05) is 44.9 Å². The van der Waals surface area contributed by atoms with Crippen LogP contribution in [-0.2, 0) is 4.79 Å². The number of amides is 1. The first-order valence-electron chi connectivity index (χ1n) is 7.75. The van der Waals surface area contributed by atoms with Gasteiger partial charge in [0.05, 0.1) is 5.54 Å². The van der Waals surface area contributed by atoms with Crippen molar-refractivity contribution in [3.8, 4) is 0 Å². The van der Waals surface area contributed by atoms with Gasteiger partial charge in [0.15, 0.2) is 0 Å². The van der Waals surface area contributed by atoms with Crippen LogP contribution < -0.4 is 11.1 Å². The van der Waals surface area contributed by atoms with Crippen LogP contribution in [0.1, 0.15) is 70.6 Å². The number of nitrogens with two attached hydrogens (primary N) is 1. The van der Waals surface area contributed by atoms with E-state index in [4.69, 9.17) is 5.73 Å². The van der Waals surface area contributed by atoms with E-state index in [0.29, 0.717) is 13.0 Å². The molecule has 112 valence electrons. The van der Waals surface area contributed by atoms with Crippen LogP contribution in [0.4, 0.5) is 0 Å². The second kappa shape index (κ2) is 8.11. The Bertz CT molecular complexity index is 271. The van der Waals surface area contributed by atoms with Crippen molar-refractivity contribution in [2.75, 3.05) is 6.54 Å². The average Bonchev–Trinajstić information content (AvgIpc) is 2.87. The highest BCUT2D eigenvalue weighted by Crippen LogP contribution is 2.30. The largest absolute Gasteiger partial charge is 0.349 e. The van der Waals surface area contributed by atoms with Crippen molar-refractivity contribution in [1.29, 1.82) is 0 Å². The first kappa shape index (κ1) is 16.8. The lowest BCUT2D eigenvalue weighted by Crippen LogP contribution is -2.51. The molecule has 2 saturated carbocycles. The average molecular weight is 289 g/mol. The van der Waals surface area contributed by atoms with Crippen LogP contribution >= 0.6 is 12.4 Å². The molecule has 0 saturated heterocycles. The molecule has 1 amide bonds. The fourth-order valence-electron chi connectivity index (χ4n) is 3.60. The predicted octanol–water partition coefficient (Wildman–Crippen LogP) is 3.16. The highest BCUT2D eigenvalue weighted by atomic mass is 35.5. The minimum absolute atomic E-state index is 0. The first-order valence-corrected chi connectivity index (χ1v) is 7.75. The molecule has 0 aromatic rings. The second-order valence-electron chi connectivity index (χ2n) is 6.28. The van der Waals surface area contributed by atoms with Crippen molar-refractivity contribution in [2.45, 2.75) is 76.2 Å². The molecule has 2 fully saturated rings. The molecule has 2 aliphatic carbocycles. The van der Waals surface area contributed by atoms with Gasteiger partial charge < -0.3 is 11.1 Å². The Labute approximate surface area is 123 Å². The van der Waals surface area contributed by atoms with Crippen LogP contribution in [0.5, 0.6) is 0 Å². The first-order chi connectivity index (χ1) is 8.74. The maximum atomic E-state index is 12.0. The third-order valence-corrected chi connectivity index (χ3v) is 4.86. The zero-order valence-electron chi connectivity index (χ0n) is 12.0. The molecule has 0 aromatic carbocycles. The SMILES string of the molecule is Cl.NCC1(NC(=O)CCC2CCCCC2)CCCC1. The van der Waals surface area contributed by atoms with Crippen molar-refractivity contribution in [2.24, 2.45) is 11.7 Å². The number of rotatable bonds is 5. The number of hydrogen-bond donors (Lipinski definition) is 2. The summed E-state index contributed by atoms with van der Waals surface area (Å²) in [5, 5.41) is 3.22. The van der Waals surface area contributed by atoms with Gasteiger partial charge in [0.2, 0.25) is 5.91 Å². The van der Waals surface area contributed by atoms with Crippen LogP contribution in [0, 0.1) is 5.92 Å². The van der Waals surface area contributed by atoms with Gasteiger partial charge in [-0.05, 0) is 25.2 Å². The molecule has 0 bridgehead atoms. The molecule has 0 heterocycles. The maximum absolute atomic E-state index is 12.0. The van der Waals surface area contributed by atoms with Crippen LogP contribution in [0.15, 0.2) is 0 Å². The van der Waals surface area contributed by atoms with Gasteiger partial charge in [-0.25, -0.2) is 0 Å². The molecule has 0 radical (unpaired) electrons. The van der Waals surface area contributed by atoms with Crippen molar-refractivity contribution in [3.05, 3.63) is 0 Å². The minimum Gasteiger partial charge on any atom is -0.349 e. The smallest absolute Gasteiger partial charge is 0.220 e. The molecule has 2 rings (SSSR count). The molecule has 0 unspecified atom stereocenters. The number of carbonyl (C=O) groups excluding carboxylic acids is 1. The Balaban J connectivity index is 0.00000180. The van der Waals surface area contributed by atoms with E-state index in [1.165, 1.54) is 44.9 Å². The third kappa shape index (κ3) is 4.96. The van der Waals surface area contributed by atoms with Crippen LogP contribution in [0.3, 0.4) is 0 Å². The van der Waals surface area contributed by atoms with Gasteiger partial charge in [0.25, 0.3) is 0 Å². The molecule has 0 aromatic heterocycles. The number of carbonyl (C=O) groups is 1. The lowest BCUT2D eigenvalue weighted by molar-refractivity contribution is -0.123. The summed E-state index contributed by atoms with van der Waals surface area (Å²) in [7, 11) is 0. The summed E-state index contributed by atoms with van der Waals surface area (Å²) >= 11 is 0. The van der Waals surface area contributed by atoms with E-state index >= 15 is 0 Å². The fourth-order valence-corrected chi connectivity index (χ4v) is 3.60. The monoisotopic (exact) mass is 288 g/mol. The van der Waals surface area contributed by atoms with Gasteiger partial charge in [0, 0.05) is 13.0 Å². The standard InChI is InChI=1S/C15H28N2O.ClH/c16-12-15(10-4-5-11-15)17-14(18)9-8-13-6-2-1-3-7-13;/h13H,1-12,16H2,(H,17,18);1H. The predicted molar refractivity (Wildman–Crippen MR) is 81.5 cm³/mol. The van der Waals surface area contributed by atoms with Crippen LogP contribution in [0.25, 0.3) is 0 Å². The lowest BCUT2D eigenvalue weighted by Gasteiger charge is -2.29. The van der Waals surface area contributed by atoms with E-state index in [0.717, 1.165) is 25.2 Å². The van der Waals surface area contributed by atoms with Crippen molar-refractivity contribution < 1.29 is 4.79 Å². The van der Waals surface area contributed by atoms with Crippen molar-refractivity contribution >= 4 is 18.3 Å². The quantitative estimate of drug-likeness (QED) is 0.816. The van der Waals surface area contributed by atoms with E-state index in [2.05, 4.69) is 5.32 Å². The number of hydrogen-bond acceptors (Lipinski definition) is 2. The minimum atomic E-state index is -0.0658. The number of halogens is 1. The summed E-state index contributed by atoms with van der Waals surface area (Å²) < 4.78 is 0. The second-order valence-corrected chi connectivity index (χ2v) is 6.28. The Morgan fingerprint density at radius 2 is 1.74 bits per heavy atom. The molecule has 3 N–H and O–H groups in total. The summed E-state index contributed by atoms with van der Waals surface area (Å²) in [5.74, 6) is 1.02. The highest BCUT2D eigenvalue weighted by Gasteiger charge is 2.33. The Hall–Kier alpha value is -0.280.